The molecule has 0 aromatic heterocycles. The number of fused-ring (bicyclic) bond motifs is 3. The van der Waals surface area contributed by atoms with Crippen LogP contribution in [0.5, 0.6) is 0 Å². The van der Waals surface area contributed by atoms with Gasteiger partial charge in [-0.3, -0.25) is 6.08 Å². The molecule has 2 aromatic rings. The number of allylic oxidation sites excluding steroid dienone is 6. The molecule has 0 saturated heterocycles. The van der Waals surface area contributed by atoms with Gasteiger partial charge in [-0.05, 0) is 12.5 Å². The zero-order chi connectivity index (χ0) is 14.5. The molecule has 0 spiro atoms. The zero-order valence-corrected chi connectivity index (χ0v) is 17.4. The van der Waals surface area contributed by atoms with Crippen LogP contribution < -0.4 is 24.8 Å². The normalized spacial score (nSPS) is 15.3. The Hall–Kier alpha value is -0.877. The van der Waals surface area contributed by atoms with Crippen LogP contribution in [0.3, 0.4) is 0 Å². The third-order valence-electron chi connectivity index (χ3n) is 3.76. The van der Waals surface area contributed by atoms with Crippen LogP contribution in [0.4, 0.5) is 0 Å². The standard InChI is InChI=1S/C16H13.C5H5.2ClH.Zr/c1-2-7-12-13-8-3-5-10-15(13)16-11-6-4-9-14(12)16;1-2-4-5-3-1;;;/h2-8,10-12H,1H3;1-3H,4H2;2*1H;/q2*-1;;;+4/p-2. The largest absolute Gasteiger partial charge is 4.00 e. The molecule has 0 heterocycles. The Bertz CT molecular complexity index is 662. The summed E-state index contributed by atoms with van der Waals surface area (Å²) >= 11 is 0. The topological polar surface area (TPSA) is 0 Å². The van der Waals surface area contributed by atoms with E-state index in [2.05, 4.69) is 73.7 Å². The van der Waals surface area contributed by atoms with Gasteiger partial charge in [-0.15, -0.1) is 17.5 Å². The Labute approximate surface area is 176 Å². The summed E-state index contributed by atoms with van der Waals surface area (Å²) in [7, 11) is 0. The van der Waals surface area contributed by atoms with Crippen molar-refractivity contribution in [2.45, 2.75) is 19.3 Å². The maximum absolute atomic E-state index is 3.38. The van der Waals surface area contributed by atoms with E-state index in [1.54, 1.807) is 0 Å². The minimum Gasteiger partial charge on any atom is -1.00 e. The summed E-state index contributed by atoms with van der Waals surface area (Å²) in [6, 6.07) is 18.3. The van der Waals surface area contributed by atoms with Gasteiger partial charge in [-0.2, -0.15) is 30.3 Å². The Morgan fingerprint density at radius 2 is 1.79 bits per heavy atom. The summed E-state index contributed by atoms with van der Waals surface area (Å²) in [6.45, 7) is 2.07. The van der Waals surface area contributed by atoms with Gasteiger partial charge in [0.2, 0.25) is 0 Å². The zero-order valence-electron chi connectivity index (χ0n) is 13.5. The van der Waals surface area contributed by atoms with Crippen molar-refractivity contribution in [3.63, 3.8) is 0 Å². The van der Waals surface area contributed by atoms with Crippen LogP contribution in [0, 0.1) is 12.1 Å². The molecule has 0 N–H and O–H groups in total. The molecule has 0 saturated carbocycles. The van der Waals surface area contributed by atoms with Crippen molar-refractivity contribution in [3.8, 4) is 11.1 Å². The maximum atomic E-state index is 3.38. The van der Waals surface area contributed by atoms with Gasteiger partial charge < -0.3 is 24.8 Å². The van der Waals surface area contributed by atoms with Crippen LogP contribution in [-0.4, -0.2) is 0 Å². The summed E-state index contributed by atoms with van der Waals surface area (Å²) in [5.74, 6) is 0.386. The predicted molar refractivity (Wildman–Crippen MR) is 88.9 cm³/mol. The summed E-state index contributed by atoms with van der Waals surface area (Å²) in [5.41, 5.74) is 5.40. The van der Waals surface area contributed by atoms with Crippen molar-refractivity contribution < 1.29 is 51.0 Å². The third kappa shape index (κ3) is 5.06. The van der Waals surface area contributed by atoms with Crippen LogP contribution in [0.25, 0.3) is 11.1 Å². The van der Waals surface area contributed by atoms with E-state index in [1.807, 2.05) is 18.2 Å². The predicted octanol–water partition coefficient (Wildman–Crippen LogP) is -0.514. The Kier molecular flexibility index (Phi) is 11.2. The first-order chi connectivity index (χ1) is 10.4. The quantitative estimate of drug-likeness (QED) is 0.421. The number of halogens is 2. The molecule has 1 atom stereocenters. The molecule has 3 heteroatoms. The number of rotatable bonds is 1. The molecule has 4 rings (SSSR count). The minimum absolute atomic E-state index is 0. The molecule has 0 amide bonds. The summed E-state index contributed by atoms with van der Waals surface area (Å²) < 4.78 is 0. The molecule has 2 aliphatic carbocycles. The van der Waals surface area contributed by atoms with Crippen molar-refractivity contribution in [2.24, 2.45) is 0 Å². The fourth-order valence-electron chi connectivity index (χ4n) is 2.84. The molecule has 0 aliphatic heterocycles. The molecule has 0 radical (unpaired) electrons. The van der Waals surface area contributed by atoms with E-state index >= 15 is 0 Å². The fraction of sp³-hybridized carbons (Fsp3) is 0.143. The van der Waals surface area contributed by atoms with E-state index in [9.17, 15) is 0 Å². The van der Waals surface area contributed by atoms with E-state index in [0.717, 1.165) is 6.42 Å². The van der Waals surface area contributed by atoms with Gasteiger partial charge in [0.1, 0.15) is 0 Å². The van der Waals surface area contributed by atoms with Crippen LogP contribution >= 0.6 is 0 Å². The summed E-state index contributed by atoms with van der Waals surface area (Å²) in [5, 5.41) is 0. The van der Waals surface area contributed by atoms with Crippen LogP contribution in [0.2, 0.25) is 0 Å². The molecule has 2 aliphatic rings. The molecule has 2 aromatic carbocycles. The Morgan fingerprint density at radius 3 is 2.42 bits per heavy atom. The third-order valence-corrected chi connectivity index (χ3v) is 3.76. The van der Waals surface area contributed by atoms with Crippen LogP contribution in [0.15, 0.2) is 72.8 Å². The first kappa shape index (κ1) is 23.1. The van der Waals surface area contributed by atoms with Gasteiger partial charge in [0.15, 0.2) is 0 Å². The first-order valence-corrected chi connectivity index (χ1v) is 7.36. The van der Waals surface area contributed by atoms with E-state index in [1.165, 1.54) is 22.3 Å². The van der Waals surface area contributed by atoms with E-state index in [4.69, 9.17) is 0 Å². The monoisotopic (exact) mass is 430 g/mol. The number of hydrogen-bond acceptors (Lipinski definition) is 0. The van der Waals surface area contributed by atoms with Crippen molar-refractivity contribution in [1.82, 2.24) is 0 Å². The van der Waals surface area contributed by atoms with Crippen molar-refractivity contribution >= 4 is 0 Å². The molecule has 1 unspecified atom stereocenters. The number of benzene rings is 2. The van der Waals surface area contributed by atoms with Gasteiger partial charge in [0.05, 0.1) is 0 Å². The summed E-state index contributed by atoms with van der Waals surface area (Å²) in [4.78, 5) is 0. The van der Waals surface area contributed by atoms with Crippen molar-refractivity contribution in [3.05, 3.63) is 96.1 Å². The van der Waals surface area contributed by atoms with E-state index in [0.29, 0.717) is 5.92 Å². The Morgan fingerprint density at radius 1 is 1.04 bits per heavy atom. The van der Waals surface area contributed by atoms with Crippen molar-refractivity contribution in [1.29, 1.82) is 0 Å². The minimum atomic E-state index is 0. The molecule has 120 valence electrons. The first-order valence-electron chi connectivity index (χ1n) is 7.36. The SMILES string of the molecule is CC=CC1c2[c-]cccc2-c2ccccc21.[C-]1=CC=CC1.[Cl-].[Cl-].[Zr+4]. The molecule has 0 nitrogen and oxygen atoms in total. The van der Waals surface area contributed by atoms with Gasteiger partial charge in [0, 0.05) is 5.92 Å². The molecular formula is C21H18Cl2Zr. The maximum Gasteiger partial charge on any atom is 4.00 e. The second-order valence-corrected chi connectivity index (χ2v) is 5.09. The molecular weight excluding hydrogens is 414 g/mol. The second-order valence-electron chi connectivity index (χ2n) is 5.09. The van der Waals surface area contributed by atoms with Crippen LogP contribution in [0.1, 0.15) is 30.4 Å². The molecule has 0 bridgehead atoms. The average molecular weight is 433 g/mol. The van der Waals surface area contributed by atoms with Crippen molar-refractivity contribution in [2.75, 3.05) is 0 Å². The average Bonchev–Trinajstić information content (AvgIpc) is 3.20. The smallest absolute Gasteiger partial charge is 1.00 e. The van der Waals surface area contributed by atoms with E-state index < -0.39 is 0 Å². The van der Waals surface area contributed by atoms with E-state index in [-0.39, 0.29) is 51.0 Å². The van der Waals surface area contributed by atoms with Gasteiger partial charge >= 0.3 is 26.2 Å². The molecule has 24 heavy (non-hydrogen) atoms. The van der Waals surface area contributed by atoms with Gasteiger partial charge in [-0.1, -0.05) is 42.0 Å². The number of hydrogen-bond donors (Lipinski definition) is 0. The summed E-state index contributed by atoms with van der Waals surface area (Å²) in [6.07, 6.45) is 14.4. The van der Waals surface area contributed by atoms with Crippen LogP contribution in [-0.2, 0) is 26.2 Å². The molecule has 0 fully saturated rings. The van der Waals surface area contributed by atoms with Gasteiger partial charge in [-0.25, -0.2) is 12.2 Å². The Balaban J connectivity index is 0.000000578. The fourth-order valence-corrected chi connectivity index (χ4v) is 2.84. The van der Waals surface area contributed by atoms with Gasteiger partial charge in [0.25, 0.3) is 0 Å². The second kappa shape index (κ2) is 11.6.